The van der Waals surface area contributed by atoms with Crippen LogP contribution in [0.3, 0.4) is 0 Å². The van der Waals surface area contributed by atoms with Crippen LogP contribution in [0.2, 0.25) is 0 Å². The van der Waals surface area contributed by atoms with Crippen LogP contribution in [0.25, 0.3) is 0 Å². The van der Waals surface area contributed by atoms with E-state index in [1.54, 1.807) is 12.1 Å². The molecule has 31 heavy (non-hydrogen) atoms. The van der Waals surface area contributed by atoms with Crippen molar-refractivity contribution < 1.29 is 14.0 Å². The predicted octanol–water partition coefficient (Wildman–Crippen LogP) is 3.88. The predicted molar refractivity (Wildman–Crippen MR) is 120 cm³/mol. The molecule has 166 valence electrons. The molecule has 3 amide bonds. The Kier molecular flexibility index (Phi) is 8.00. The summed E-state index contributed by atoms with van der Waals surface area (Å²) in [7, 11) is 1.97. The average Bonchev–Trinajstić information content (AvgIpc) is 2.78. The molecule has 2 aromatic carbocycles. The summed E-state index contributed by atoms with van der Waals surface area (Å²) >= 11 is 0. The van der Waals surface area contributed by atoms with E-state index in [0.717, 1.165) is 31.5 Å². The van der Waals surface area contributed by atoms with Crippen molar-refractivity contribution in [3.63, 3.8) is 0 Å². The monoisotopic (exact) mass is 426 g/mol. The number of nitrogens with zero attached hydrogens (tertiary/aromatic N) is 2. The third-order valence-corrected chi connectivity index (χ3v) is 5.75. The van der Waals surface area contributed by atoms with Gasteiger partial charge in [0.15, 0.2) is 0 Å². The van der Waals surface area contributed by atoms with E-state index >= 15 is 0 Å². The SMILES string of the molecule is CCN(C)C(C(=O)N1CCCC(CNC(=O)Nc2cccc(F)c2)C1)c1ccccc1. The Balaban J connectivity index is 1.57. The second kappa shape index (κ2) is 10.9. The summed E-state index contributed by atoms with van der Waals surface area (Å²) in [6.07, 6.45) is 1.85. The van der Waals surface area contributed by atoms with Crippen molar-refractivity contribution in [2.24, 2.45) is 5.92 Å². The minimum Gasteiger partial charge on any atom is -0.341 e. The second-order valence-electron chi connectivity index (χ2n) is 8.02. The fourth-order valence-corrected chi connectivity index (χ4v) is 3.99. The van der Waals surface area contributed by atoms with Gasteiger partial charge in [0, 0.05) is 25.3 Å². The number of benzene rings is 2. The number of nitrogens with one attached hydrogen (secondary N) is 2. The van der Waals surface area contributed by atoms with Crippen LogP contribution in [0.4, 0.5) is 14.9 Å². The number of anilines is 1. The first-order valence-corrected chi connectivity index (χ1v) is 10.8. The molecule has 2 aromatic rings. The fraction of sp³-hybridized carbons (Fsp3) is 0.417. The van der Waals surface area contributed by atoms with Crippen molar-refractivity contribution in [1.82, 2.24) is 15.1 Å². The molecule has 7 heteroatoms. The molecular formula is C24H31FN4O2. The third-order valence-electron chi connectivity index (χ3n) is 5.75. The van der Waals surface area contributed by atoms with E-state index in [2.05, 4.69) is 15.5 Å². The largest absolute Gasteiger partial charge is 0.341 e. The van der Waals surface area contributed by atoms with Crippen LogP contribution in [0, 0.1) is 11.7 Å². The Bertz CT molecular complexity index is 877. The fourth-order valence-electron chi connectivity index (χ4n) is 3.99. The lowest BCUT2D eigenvalue weighted by Gasteiger charge is -2.37. The van der Waals surface area contributed by atoms with E-state index in [4.69, 9.17) is 0 Å². The molecule has 1 fully saturated rings. The Morgan fingerprint density at radius 3 is 2.68 bits per heavy atom. The lowest BCUT2D eigenvalue weighted by atomic mass is 9.96. The summed E-state index contributed by atoms with van der Waals surface area (Å²) in [5.41, 5.74) is 1.40. The lowest BCUT2D eigenvalue weighted by Crippen LogP contribution is -2.48. The smallest absolute Gasteiger partial charge is 0.319 e. The van der Waals surface area contributed by atoms with Gasteiger partial charge in [-0.05, 0) is 56.1 Å². The molecule has 2 N–H and O–H groups in total. The molecule has 1 saturated heterocycles. The average molecular weight is 427 g/mol. The molecular weight excluding hydrogens is 395 g/mol. The zero-order valence-electron chi connectivity index (χ0n) is 18.2. The molecule has 0 radical (unpaired) electrons. The number of piperidine rings is 1. The van der Waals surface area contributed by atoms with Gasteiger partial charge in [0.1, 0.15) is 11.9 Å². The Labute approximate surface area is 183 Å². The maximum absolute atomic E-state index is 13.4. The van der Waals surface area contributed by atoms with E-state index in [1.807, 2.05) is 49.2 Å². The summed E-state index contributed by atoms with van der Waals surface area (Å²) < 4.78 is 13.3. The number of likely N-dealkylation sites (N-methyl/N-ethyl adjacent to an activating group) is 1. The van der Waals surface area contributed by atoms with Crippen LogP contribution in [-0.2, 0) is 4.79 Å². The van der Waals surface area contributed by atoms with Crippen molar-refractivity contribution in [3.8, 4) is 0 Å². The number of likely N-dealkylation sites (tertiary alicyclic amines) is 1. The molecule has 0 aliphatic carbocycles. The number of urea groups is 1. The number of halogens is 1. The number of hydrogen-bond acceptors (Lipinski definition) is 3. The maximum Gasteiger partial charge on any atom is 0.319 e. The highest BCUT2D eigenvalue weighted by atomic mass is 19.1. The maximum atomic E-state index is 13.4. The van der Waals surface area contributed by atoms with Gasteiger partial charge in [-0.15, -0.1) is 0 Å². The van der Waals surface area contributed by atoms with Gasteiger partial charge in [-0.2, -0.15) is 0 Å². The molecule has 6 nitrogen and oxygen atoms in total. The lowest BCUT2D eigenvalue weighted by molar-refractivity contribution is -0.138. The molecule has 0 saturated carbocycles. The number of amides is 3. The number of carbonyl (C=O) groups excluding carboxylic acids is 2. The molecule has 1 aliphatic heterocycles. The van der Waals surface area contributed by atoms with E-state index in [1.165, 1.54) is 12.1 Å². The standard InChI is InChI=1S/C24H31FN4O2/c1-3-28(2)22(19-10-5-4-6-11-19)23(30)29-14-8-9-18(17-29)16-26-24(31)27-21-13-7-12-20(25)15-21/h4-7,10-13,15,18,22H,3,8-9,14,16-17H2,1-2H3,(H2,26,27,31). The van der Waals surface area contributed by atoms with Crippen LogP contribution in [0.1, 0.15) is 31.4 Å². The first kappa shape index (κ1) is 22.7. The van der Waals surface area contributed by atoms with Gasteiger partial charge in [-0.3, -0.25) is 9.69 Å². The van der Waals surface area contributed by atoms with Gasteiger partial charge >= 0.3 is 6.03 Å². The zero-order chi connectivity index (χ0) is 22.2. The molecule has 3 rings (SSSR count). The van der Waals surface area contributed by atoms with Crippen LogP contribution in [0.15, 0.2) is 54.6 Å². The molecule has 1 heterocycles. The molecule has 2 atom stereocenters. The van der Waals surface area contributed by atoms with Crippen LogP contribution in [0.5, 0.6) is 0 Å². The van der Waals surface area contributed by atoms with Crippen molar-refractivity contribution in [1.29, 1.82) is 0 Å². The number of hydrogen-bond donors (Lipinski definition) is 2. The summed E-state index contributed by atoms with van der Waals surface area (Å²) in [5, 5.41) is 5.50. The number of rotatable bonds is 7. The van der Waals surface area contributed by atoms with Gasteiger partial charge in [0.2, 0.25) is 5.91 Å². The summed E-state index contributed by atoms with van der Waals surface area (Å²) in [4.78, 5) is 29.6. The first-order chi connectivity index (χ1) is 15.0. The zero-order valence-corrected chi connectivity index (χ0v) is 18.2. The third kappa shape index (κ3) is 6.28. The highest BCUT2D eigenvalue weighted by molar-refractivity contribution is 5.89. The molecule has 0 aromatic heterocycles. The van der Waals surface area contributed by atoms with E-state index < -0.39 is 5.82 Å². The molecule has 0 bridgehead atoms. The molecule has 0 spiro atoms. The normalized spacial score (nSPS) is 17.3. The van der Waals surface area contributed by atoms with Gasteiger partial charge in [0.05, 0.1) is 0 Å². The molecule has 1 aliphatic rings. The number of carbonyl (C=O) groups is 2. The van der Waals surface area contributed by atoms with E-state index in [0.29, 0.717) is 18.8 Å². The summed E-state index contributed by atoms with van der Waals surface area (Å²) in [6, 6.07) is 15.0. The summed E-state index contributed by atoms with van der Waals surface area (Å²) in [6.45, 7) is 4.62. The minimum atomic E-state index is -0.399. The van der Waals surface area contributed by atoms with Crippen molar-refractivity contribution in [2.75, 3.05) is 38.5 Å². The van der Waals surface area contributed by atoms with Crippen LogP contribution >= 0.6 is 0 Å². The van der Waals surface area contributed by atoms with E-state index in [9.17, 15) is 14.0 Å². The van der Waals surface area contributed by atoms with Crippen molar-refractivity contribution in [3.05, 3.63) is 66.0 Å². The topological polar surface area (TPSA) is 64.7 Å². The van der Waals surface area contributed by atoms with Gasteiger partial charge in [0.25, 0.3) is 0 Å². The van der Waals surface area contributed by atoms with Gasteiger partial charge in [-0.1, -0.05) is 43.3 Å². The van der Waals surface area contributed by atoms with Crippen molar-refractivity contribution >= 4 is 17.6 Å². The van der Waals surface area contributed by atoms with Gasteiger partial charge in [-0.25, -0.2) is 9.18 Å². The minimum absolute atomic E-state index is 0.101. The quantitative estimate of drug-likeness (QED) is 0.706. The highest BCUT2D eigenvalue weighted by Crippen LogP contribution is 2.25. The highest BCUT2D eigenvalue weighted by Gasteiger charge is 2.32. The van der Waals surface area contributed by atoms with Crippen LogP contribution in [-0.4, -0.2) is 55.0 Å². The van der Waals surface area contributed by atoms with E-state index in [-0.39, 0.29) is 23.9 Å². The Hall–Kier alpha value is -2.93. The first-order valence-electron chi connectivity index (χ1n) is 10.8. The Morgan fingerprint density at radius 2 is 1.97 bits per heavy atom. The second-order valence-corrected chi connectivity index (χ2v) is 8.02. The summed E-state index contributed by atoms with van der Waals surface area (Å²) in [5.74, 6) is -0.118. The van der Waals surface area contributed by atoms with Crippen molar-refractivity contribution in [2.45, 2.75) is 25.8 Å². The van der Waals surface area contributed by atoms with Crippen LogP contribution < -0.4 is 10.6 Å². The Morgan fingerprint density at radius 1 is 1.19 bits per heavy atom. The van der Waals surface area contributed by atoms with Gasteiger partial charge < -0.3 is 15.5 Å². The molecule has 2 unspecified atom stereocenters.